The quantitative estimate of drug-likeness (QED) is 0.593. The number of hydrogen-bond donors (Lipinski definition) is 1. The summed E-state index contributed by atoms with van der Waals surface area (Å²) in [6.45, 7) is 1.82. The van der Waals surface area contributed by atoms with E-state index < -0.39 is 11.9 Å². The first-order chi connectivity index (χ1) is 15.3. The Labute approximate surface area is 197 Å². The Morgan fingerprint density at radius 2 is 1.69 bits per heavy atom. The van der Waals surface area contributed by atoms with Gasteiger partial charge in [-0.25, -0.2) is 4.79 Å². The molecular weight excluding hydrogens is 449 g/mol. The topological polar surface area (TPSA) is 64.6 Å². The molecular formula is C25H23Cl2NO4. The van der Waals surface area contributed by atoms with Gasteiger partial charge in [0.05, 0.1) is 29.8 Å². The molecule has 1 heterocycles. The number of benzene rings is 2. The van der Waals surface area contributed by atoms with Crippen LogP contribution in [0.15, 0.2) is 65.0 Å². The second kappa shape index (κ2) is 9.00. The number of dihydropyridines is 1. The van der Waals surface area contributed by atoms with E-state index in [1.807, 2.05) is 31.2 Å². The smallest absolute Gasteiger partial charge is 0.336 e. The number of Topliss-reactive ketones (excluding diaryl/α,β-unsaturated/α-hetero) is 1. The molecule has 5 nitrogen and oxygen atoms in total. The number of esters is 1. The second-order valence-corrected chi connectivity index (χ2v) is 8.77. The van der Waals surface area contributed by atoms with Gasteiger partial charge >= 0.3 is 5.97 Å². The zero-order valence-corrected chi connectivity index (χ0v) is 19.5. The van der Waals surface area contributed by atoms with Crippen molar-refractivity contribution in [2.75, 3.05) is 14.2 Å². The summed E-state index contributed by atoms with van der Waals surface area (Å²) in [7, 11) is 2.96. The van der Waals surface area contributed by atoms with Crippen molar-refractivity contribution in [1.82, 2.24) is 5.32 Å². The molecule has 166 valence electrons. The van der Waals surface area contributed by atoms with Crippen LogP contribution in [-0.2, 0) is 14.3 Å². The molecule has 0 spiro atoms. The molecule has 1 aliphatic heterocycles. The van der Waals surface area contributed by atoms with E-state index in [1.165, 1.54) is 7.11 Å². The maximum absolute atomic E-state index is 13.5. The van der Waals surface area contributed by atoms with E-state index >= 15 is 0 Å². The molecule has 0 unspecified atom stereocenters. The van der Waals surface area contributed by atoms with Crippen molar-refractivity contribution >= 4 is 35.0 Å². The van der Waals surface area contributed by atoms with E-state index in [4.69, 9.17) is 32.7 Å². The molecule has 0 bridgehead atoms. The van der Waals surface area contributed by atoms with Crippen LogP contribution >= 0.6 is 23.2 Å². The van der Waals surface area contributed by atoms with Crippen LogP contribution in [0.2, 0.25) is 10.0 Å². The summed E-state index contributed by atoms with van der Waals surface area (Å²) in [4.78, 5) is 26.2. The van der Waals surface area contributed by atoms with Gasteiger partial charge in [-0.05, 0) is 54.7 Å². The first-order valence-electron chi connectivity index (χ1n) is 10.2. The van der Waals surface area contributed by atoms with Gasteiger partial charge in [-0.3, -0.25) is 4.79 Å². The third-order valence-electron chi connectivity index (χ3n) is 6.10. The Kier molecular flexibility index (Phi) is 6.31. The summed E-state index contributed by atoms with van der Waals surface area (Å²) < 4.78 is 10.3. The van der Waals surface area contributed by atoms with Crippen LogP contribution in [0.5, 0.6) is 5.75 Å². The molecule has 4 rings (SSSR count). The summed E-state index contributed by atoms with van der Waals surface area (Å²) in [5, 5.41) is 4.09. The van der Waals surface area contributed by atoms with Gasteiger partial charge in [0.15, 0.2) is 5.78 Å². The predicted octanol–water partition coefficient (Wildman–Crippen LogP) is 5.54. The zero-order valence-electron chi connectivity index (χ0n) is 18.0. The molecule has 0 fully saturated rings. The van der Waals surface area contributed by atoms with Gasteiger partial charge in [0, 0.05) is 29.3 Å². The lowest BCUT2D eigenvalue weighted by molar-refractivity contribution is -0.136. The fourth-order valence-corrected chi connectivity index (χ4v) is 4.86. The van der Waals surface area contributed by atoms with E-state index in [-0.39, 0.29) is 11.7 Å². The monoisotopic (exact) mass is 471 g/mol. The fourth-order valence-electron chi connectivity index (χ4n) is 4.56. The van der Waals surface area contributed by atoms with Crippen molar-refractivity contribution in [2.45, 2.75) is 31.6 Å². The molecule has 32 heavy (non-hydrogen) atoms. The summed E-state index contributed by atoms with van der Waals surface area (Å²) in [6, 6.07) is 13.0. The molecule has 0 amide bonds. The van der Waals surface area contributed by atoms with Crippen LogP contribution < -0.4 is 10.1 Å². The molecule has 2 aromatic rings. The van der Waals surface area contributed by atoms with Crippen LogP contribution in [-0.4, -0.2) is 26.0 Å². The first kappa shape index (κ1) is 22.4. The number of hydrogen-bond acceptors (Lipinski definition) is 5. The minimum Gasteiger partial charge on any atom is -0.497 e. The molecule has 0 radical (unpaired) electrons. The number of carbonyl (C=O) groups is 2. The number of methoxy groups -OCH3 is 2. The largest absolute Gasteiger partial charge is 0.497 e. The lowest BCUT2D eigenvalue weighted by Gasteiger charge is -2.36. The molecule has 0 saturated carbocycles. The summed E-state index contributed by atoms with van der Waals surface area (Å²) in [6.07, 6.45) is 0.995. The minimum absolute atomic E-state index is 0.00968. The highest BCUT2D eigenvalue weighted by Gasteiger charge is 2.41. The first-order valence-corrected chi connectivity index (χ1v) is 11.0. The Hall–Kier alpha value is -2.76. The van der Waals surface area contributed by atoms with Gasteiger partial charge in [-0.1, -0.05) is 41.4 Å². The lowest BCUT2D eigenvalue weighted by atomic mass is 9.72. The molecule has 2 aliphatic rings. The van der Waals surface area contributed by atoms with Crippen LogP contribution in [0.3, 0.4) is 0 Å². The number of allylic oxidation sites excluding steroid dienone is 3. The minimum atomic E-state index is -0.571. The van der Waals surface area contributed by atoms with Gasteiger partial charge in [0.2, 0.25) is 0 Å². The van der Waals surface area contributed by atoms with Gasteiger partial charge in [-0.15, -0.1) is 0 Å². The standard InChI is InChI=1S/C25H23Cl2NO4/c1-13-22(25(30)32-3)23(15-6-9-18(26)19(27)10-15)24-20(28-13)11-16(12-21(24)29)14-4-7-17(31-2)8-5-14/h4-10,16,23,28H,11-12H2,1-3H3/t16-,23-/m0/s1. The SMILES string of the molecule is COC(=O)C1=C(C)NC2=C(C(=O)C[C@@H](c3ccc(OC)cc3)C2)[C@H]1c1ccc(Cl)c(Cl)c1. The number of carbonyl (C=O) groups excluding carboxylic acids is 2. The number of ether oxygens (including phenoxy) is 2. The van der Waals surface area contributed by atoms with E-state index in [1.54, 1.807) is 25.3 Å². The Bertz CT molecular complexity index is 1150. The van der Waals surface area contributed by atoms with E-state index in [2.05, 4.69) is 5.32 Å². The molecule has 0 saturated heterocycles. The number of rotatable bonds is 4. The van der Waals surface area contributed by atoms with Crippen LogP contribution in [0.25, 0.3) is 0 Å². The zero-order chi connectivity index (χ0) is 23.0. The van der Waals surface area contributed by atoms with Crippen LogP contribution in [0.1, 0.15) is 42.7 Å². The Morgan fingerprint density at radius 1 is 1.00 bits per heavy atom. The number of halogens is 2. The normalized spacial score (nSPS) is 20.6. The highest BCUT2D eigenvalue weighted by molar-refractivity contribution is 6.42. The maximum atomic E-state index is 13.5. The maximum Gasteiger partial charge on any atom is 0.336 e. The van der Waals surface area contributed by atoms with E-state index in [0.717, 1.165) is 22.6 Å². The summed E-state index contributed by atoms with van der Waals surface area (Å²) in [5.74, 6) is -0.264. The van der Waals surface area contributed by atoms with Gasteiger partial charge < -0.3 is 14.8 Å². The third kappa shape index (κ3) is 4.03. The molecule has 1 aliphatic carbocycles. The van der Waals surface area contributed by atoms with Crippen molar-refractivity contribution in [3.8, 4) is 5.75 Å². The van der Waals surface area contributed by atoms with E-state index in [0.29, 0.717) is 39.7 Å². The number of nitrogens with one attached hydrogen (secondary N) is 1. The van der Waals surface area contributed by atoms with Crippen molar-refractivity contribution in [2.24, 2.45) is 0 Å². The average Bonchev–Trinajstić information content (AvgIpc) is 2.79. The average molecular weight is 472 g/mol. The van der Waals surface area contributed by atoms with Gasteiger partial charge in [0.25, 0.3) is 0 Å². The molecule has 2 aromatic carbocycles. The van der Waals surface area contributed by atoms with Gasteiger partial charge in [0.1, 0.15) is 5.75 Å². The predicted molar refractivity (Wildman–Crippen MR) is 124 cm³/mol. The lowest BCUT2D eigenvalue weighted by Crippen LogP contribution is -2.36. The van der Waals surface area contributed by atoms with Crippen molar-refractivity contribution in [1.29, 1.82) is 0 Å². The molecule has 1 N–H and O–H groups in total. The van der Waals surface area contributed by atoms with Crippen LogP contribution in [0, 0.1) is 0 Å². The highest BCUT2D eigenvalue weighted by atomic mass is 35.5. The van der Waals surface area contributed by atoms with Crippen LogP contribution in [0.4, 0.5) is 0 Å². The highest BCUT2D eigenvalue weighted by Crippen LogP contribution is 2.46. The van der Waals surface area contributed by atoms with Crippen molar-refractivity contribution in [3.63, 3.8) is 0 Å². The van der Waals surface area contributed by atoms with Crippen molar-refractivity contribution < 1.29 is 19.1 Å². The third-order valence-corrected chi connectivity index (χ3v) is 6.84. The van der Waals surface area contributed by atoms with Crippen molar-refractivity contribution in [3.05, 3.63) is 86.2 Å². The summed E-state index contributed by atoms with van der Waals surface area (Å²) >= 11 is 12.4. The van der Waals surface area contributed by atoms with E-state index in [9.17, 15) is 9.59 Å². The Balaban J connectivity index is 1.79. The second-order valence-electron chi connectivity index (χ2n) is 7.96. The molecule has 7 heteroatoms. The summed E-state index contributed by atoms with van der Waals surface area (Å²) in [5.41, 5.74) is 4.27. The Morgan fingerprint density at radius 3 is 2.31 bits per heavy atom. The van der Waals surface area contributed by atoms with Gasteiger partial charge in [-0.2, -0.15) is 0 Å². The molecule has 2 atom stereocenters. The molecule has 0 aromatic heterocycles. The number of ketones is 1. The fraction of sp³-hybridized carbons (Fsp3) is 0.280.